The number of aryl methyl sites for hydroxylation is 2. The molecule has 0 bridgehead atoms. The van der Waals surface area contributed by atoms with Crippen molar-refractivity contribution in [1.82, 2.24) is 24.6 Å². The van der Waals surface area contributed by atoms with Gasteiger partial charge < -0.3 is 10.2 Å². The normalized spacial score (nSPS) is 21.0. The summed E-state index contributed by atoms with van der Waals surface area (Å²) in [6.45, 7) is 5.14. The summed E-state index contributed by atoms with van der Waals surface area (Å²) in [5, 5.41) is 3.94. The molecule has 0 spiro atoms. The number of thiazole rings is 1. The maximum atomic E-state index is 13.7. The van der Waals surface area contributed by atoms with Gasteiger partial charge in [0.2, 0.25) is 0 Å². The maximum Gasteiger partial charge on any atom is 0.274 e. The Hall–Kier alpha value is -3.52. The van der Waals surface area contributed by atoms with Crippen LogP contribution in [0.4, 0.5) is 0 Å². The second kappa shape index (κ2) is 8.06. The van der Waals surface area contributed by atoms with Gasteiger partial charge >= 0.3 is 0 Å². The van der Waals surface area contributed by atoms with Gasteiger partial charge in [0.1, 0.15) is 17.0 Å². The quantitative estimate of drug-likeness (QED) is 0.478. The molecule has 4 heterocycles. The molecule has 2 aliphatic rings. The molecule has 7 nitrogen and oxygen atoms in total. The number of nitrogens with one attached hydrogen (secondary N) is 1. The Kier molecular flexibility index (Phi) is 4.99. The Balaban J connectivity index is 1.23. The molecule has 3 atom stereocenters. The van der Waals surface area contributed by atoms with Crippen LogP contribution in [0.5, 0.6) is 0 Å². The highest BCUT2D eigenvalue weighted by atomic mass is 32.1. The molecule has 34 heavy (non-hydrogen) atoms. The summed E-state index contributed by atoms with van der Waals surface area (Å²) >= 11 is 1.56. The third-order valence-electron chi connectivity index (χ3n) is 6.90. The van der Waals surface area contributed by atoms with Crippen molar-refractivity contribution in [2.75, 3.05) is 13.1 Å². The highest BCUT2D eigenvalue weighted by molar-refractivity contribution is 7.15. The highest BCUT2D eigenvalue weighted by Gasteiger charge is 2.54. The zero-order valence-corrected chi connectivity index (χ0v) is 19.9. The summed E-state index contributed by atoms with van der Waals surface area (Å²) in [6.07, 6.45) is 4.53. The average molecular weight is 472 g/mol. The van der Waals surface area contributed by atoms with Crippen molar-refractivity contribution in [3.05, 3.63) is 76.8 Å². The summed E-state index contributed by atoms with van der Waals surface area (Å²) in [5.41, 5.74) is 3.92. The van der Waals surface area contributed by atoms with Gasteiger partial charge in [0, 0.05) is 19.3 Å². The topological polar surface area (TPSA) is 79.6 Å². The molecule has 2 amide bonds. The lowest BCUT2D eigenvalue weighted by Gasteiger charge is -2.27. The van der Waals surface area contributed by atoms with E-state index < -0.39 is 0 Å². The van der Waals surface area contributed by atoms with Gasteiger partial charge in [0.15, 0.2) is 0 Å². The molecule has 1 aromatic carbocycles. The minimum Gasteiger partial charge on any atom is -0.349 e. The van der Waals surface area contributed by atoms with Gasteiger partial charge in [0.05, 0.1) is 22.1 Å². The fraction of sp³-hybridized carbons (Fsp3) is 0.308. The van der Waals surface area contributed by atoms with E-state index in [1.807, 2.05) is 48.4 Å². The number of pyridine rings is 1. The van der Waals surface area contributed by atoms with Crippen molar-refractivity contribution in [1.29, 1.82) is 0 Å². The summed E-state index contributed by atoms with van der Waals surface area (Å²) < 4.78 is 1.78. The van der Waals surface area contributed by atoms with Crippen LogP contribution in [0.3, 0.4) is 0 Å². The first-order chi connectivity index (χ1) is 16.5. The van der Waals surface area contributed by atoms with E-state index in [9.17, 15) is 9.59 Å². The van der Waals surface area contributed by atoms with Crippen LogP contribution < -0.4 is 5.32 Å². The number of amides is 2. The molecular weight excluding hydrogens is 446 g/mol. The van der Waals surface area contributed by atoms with Crippen LogP contribution in [-0.4, -0.2) is 50.2 Å². The van der Waals surface area contributed by atoms with Gasteiger partial charge in [-0.1, -0.05) is 35.9 Å². The standard InChI is InChI=1S/C26H25N5O2S/c1-15-6-5-7-17(10-15)24-23(29-16(2)34-24)26(33)31-14-18-11-19(18)20(31)12-28-25(32)21-13-27-22-8-3-4-9-30(21)22/h3-10,13,18-20H,11-12,14H2,1-2H3,(H,28,32)/t18-,19-,20-/m1/s1. The van der Waals surface area contributed by atoms with E-state index >= 15 is 0 Å². The first-order valence-electron chi connectivity index (χ1n) is 11.6. The summed E-state index contributed by atoms with van der Waals surface area (Å²) in [6, 6.07) is 13.8. The van der Waals surface area contributed by atoms with E-state index in [0.717, 1.165) is 39.6 Å². The van der Waals surface area contributed by atoms with E-state index in [0.29, 0.717) is 29.8 Å². The first kappa shape index (κ1) is 21.0. The third kappa shape index (κ3) is 3.58. The number of hydrogen-bond acceptors (Lipinski definition) is 5. The monoisotopic (exact) mass is 471 g/mol. The molecule has 6 rings (SSSR count). The number of fused-ring (bicyclic) bond motifs is 2. The van der Waals surface area contributed by atoms with Crippen molar-refractivity contribution in [3.63, 3.8) is 0 Å². The molecule has 1 saturated heterocycles. The predicted octanol–water partition coefficient (Wildman–Crippen LogP) is 3.97. The predicted molar refractivity (Wildman–Crippen MR) is 131 cm³/mol. The lowest BCUT2D eigenvalue weighted by atomic mass is 10.1. The van der Waals surface area contributed by atoms with Crippen molar-refractivity contribution >= 4 is 28.8 Å². The van der Waals surface area contributed by atoms with Crippen molar-refractivity contribution in [2.24, 2.45) is 11.8 Å². The van der Waals surface area contributed by atoms with Crippen LogP contribution in [0.15, 0.2) is 54.9 Å². The molecule has 1 saturated carbocycles. The molecule has 2 fully saturated rings. The number of benzene rings is 1. The molecule has 1 N–H and O–H groups in total. The number of nitrogens with zero attached hydrogens (tertiary/aromatic N) is 4. The molecule has 0 radical (unpaired) electrons. The highest BCUT2D eigenvalue weighted by Crippen LogP contribution is 2.50. The zero-order valence-electron chi connectivity index (χ0n) is 19.1. The van der Waals surface area contributed by atoms with Crippen LogP contribution in [0.1, 0.15) is 38.0 Å². The minimum absolute atomic E-state index is 0.0204. The number of carbonyl (C=O) groups is 2. The fourth-order valence-electron chi connectivity index (χ4n) is 5.14. The van der Waals surface area contributed by atoms with Crippen LogP contribution in [0.2, 0.25) is 0 Å². The van der Waals surface area contributed by atoms with Crippen LogP contribution in [0.25, 0.3) is 16.1 Å². The zero-order chi connectivity index (χ0) is 23.4. The van der Waals surface area contributed by atoms with Crippen molar-refractivity contribution < 1.29 is 9.59 Å². The smallest absolute Gasteiger partial charge is 0.274 e. The number of carbonyl (C=O) groups excluding carboxylic acids is 2. The Morgan fingerprint density at radius 3 is 2.91 bits per heavy atom. The first-order valence-corrected chi connectivity index (χ1v) is 12.4. The van der Waals surface area contributed by atoms with Crippen molar-refractivity contribution in [2.45, 2.75) is 26.3 Å². The molecule has 172 valence electrons. The molecule has 4 aromatic rings. The maximum absolute atomic E-state index is 13.7. The Labute approximate surface area is 201 Å². The minimum atomic E-state index is -0.180. The number of piperidine rings is 1. The van der Waals surface area contributed by atoms with Gasteiger partial charge in [-0.05, 0) is 49.8 Å². The van der Waals surface area contributed by atoms with Gasteiger partial charge in [-0.25, -0.2) is 9.97 Å². The Morgan fingerprint density at radius 2 is 2.06 bits per heavy atom. The van der Waals surface area contributed by atoms with E-state index in [1.54, 1.807) is 21.9 Å². The Bertz CT molecular complexity index is 1420. The van der Waals surface area contributed by atoms with E-state index in [2.05, 4.69) is 34.3 Å². The summed E-state index contributed by atoms with van der Waals surface area (Å²) in [5.74, 6) is 0.736. The van der Waals surface area contributed by atoms with Gasteiger partial charge in [-0.3, -0.25) is 14.0 Å². The van der Waals surface area contributed by atoms with E-state index in [4.69, 9.17) is 0 Å². The lowest BCUT2D eigenvalue weighted by molar-refractivity contribution is 0.0690. The fourth-order valence-corrected chi connectivity index (χ4v) is 6.05. The Morgan fingerprint density at radius 1 is 1.18 bits per heavy atom. The van der Waals surface area contributed by atoms with Crippen molar-refractivity contribution in [3.8, 4) is 10.4 Å². The van der Waals surface area contributed by atoms with Crippen LogP contribution in [0, 0.1) is 25.7 Å². The van der Waals surface area contributed by atoms with Crippen LogP contribution >= 0.6 is 11.3 Å². The van der Waals surface area contributed by atoms with Gasteiger partial charge in [-0.2, -0.15) is 0 Å². The average Bonchev–Trinajstić information content (AvgIpc) is 3.17. The summed E-state index contributed by atoms with van der Waals surface area (Å²) in [4.78, 5) is 38.4. The molecular formula is C26H25N5O2S. The number of rotatable bonds is 5. The molecule has 0 unspecified atom stereocenters. The largest absolute Gasteiger partial charge is 0.349 e. The lowest BCUT2D eigenvalue weighted by Crippen LogP contribution is -2.46. The molecule has 1 aliphatic heterocycles. The van der Waals surface area contributed by atoms with E-state index in [1.165, 1.54) is 0 Å². The number of imidazole rings is 1. The molecule has 1 aliphatic carbocycles. The number of aromatic nitrogens is 3. The second-order valence-electron chi connectivity index (χ2n) is 9.25. The third-order valence-corrected chi connectivity index (χ3v) is 7.92. The SMILES string of the molecule is Cc1cccc(-c2sc(C)nc2C(=O)N2C[C@H]3C[C@H]3[C@H]2CNC(=O)c2cnc3ccccn23)c1. The molecule has 8 heteroatoms. The van der Waals surface area contributed by atoms with Gasteiger partial charge in [0.25, 0.3) is 11.8 Å². The summed E-state index contributed by atoms with van der Waals surface area (Å²) in [7, 11) is 0. The number of hydrogen-bond donors (Lipinski definition) is 1. The second-order valence-corrected chi connectivity index (χ2v) is 10.5. The molecule has 3 aromatic heterocycles. The van der Waals surface area contributed by atoms with E-state index in [-0.39, 0.29) is 17.9 Å². The number of likely N-dealkylation sites (tertiary alicyclic amines) is 1. The van der Waals surface area contributed by atoms with Crippen LogP contribution in [-0.2, 0) is 0 Å². The van der Waals surface area contributed by atoms with Gasteiger partial charge in [-0.15, -0.1) is 11.3 Å².